The molecule has 45 heavy (non-hydrogen) atoms. The zero-order valence-corrected chi connectivity index (χ0v) is 27.8. The summed E-state index contributed by atoms with van der Waals surface area (Å²) in [6.45, 7) is 9.36. The number of anilines is 1. The van der Waals surface area contributed by atoms with Gasteiger partial charge in [0, 0.05) is 44.4 Å². The lowest BCUT2D eigenvalue weighted by Crippen LogP contribution is -2.48. The van der Waals surface area contributed by atoms with E-state index >= 15 is 0 Å². The van der Waals surface area contributed by atoms with Gasteiger partial charge in [-0.3, -0.25) is 4.79 Å². The fourth-order valence-corrected chi connectivity index (χ4v) is 6.21. The number of aliphatic hydroxyl groups is 1. The van der Waals surface area contributed by atoms with E-state index in [2.05, 4.69) is 10.6 Å². The second-order valence-corrected chi connectivity index (χ2v) is 14.0. The van der Waals surface area contributed by atoms with Crippen LogP contribution in [0.1, 0.15) is 64.2 Å². The third-order valence-electron chi connectivity index (χ3n) is 7.69. The van der Waals surface area contributed by atoms with Gasteiger partial charge in [0.1, 0.15) is 11.6 Å². The van der Waals surface area contributed by atoms with E-state index < -0.39 is 39.9 Å². The molecule has 13 heteroatoms. The predicted octanol–water partition coefficient (Wildman–Crippen LogP) is 4.47. The number of urea groups is 1. The number of nitrogens with zero attached hydrogens (tertiary/aromatic N) is 2. The quantitative estimate of drug-likeness (QED) is 0.383. The summed E-state index contributed by atoms with van der Waals surface area (Å²) >= 11 is 0. The van der Waals surface area contributed by atoms with Gasteiger partial charge in [-0.25, -0.2) is 17.6 Å². The number of hydrogen-bond acceptors (Lipinski definition) is 7. The summed E-state index contributed by atoms with van der Waals surface area (Å²) in [6, 6.07) is 8.44. The average molecular weight is 651 g/mol. The van der Waals surface area contributed by atoms with Gasteiger partial charge >= 0.3 is 6.03 Å². The predicted molar refractivity (Wildman–Crippen MR) is 170 cm³/mol. The van der Waals surface area contributed by atoms with Crippen molar-refractivity contribution in [3.05, 3.63) is 53.8 Å². The van der Waals surface area contributed by atoms with Crippen molar-refractivity contribution in [1.82, 2.24) is 14.5 Å². The van der Waals surface area contributed by atoms with E-state index in [1.165, 1.54) is 28.4 Å². The van der Waals surface area contributed by atoms with Crippen molar-refractivity contribution >= 4 is 27.6 Å². The molecule has 0 bridgehead atoms. The Balaban J connectivity index is 1.96. The Bertz CT molecular complexity index is 1390. The highest BCUT2D eigenvalue weighted by molar-refractivity contribution is 7.89. The number of likely N-dealkylation sites (N-methyl/N-ethyl adjacent to an activating group) is 1. The highest BCUT2D eigenvalue weighted by atomic mass is 32.2. The first-order valence-electron chi connectivity index (χ1n) is 15.4. The zero-order chi connectivity index (χ0) is 33.3. The number of fused-ring (bicyclic) bond motifs is 1. The van der Waals surface area contributed by atoms with E-state index in [1.54, 1.807) is 25.1 Å². The highest BCUT2D eigenvalue weighted by Crippen LogP contribution is 2.29. The lowest BCUT2D eigenvalue weighted by atomic mass is 10.0. The van der Waals surface area contributed by atoms with Crippen LogP contribution >= 0.6 is 0 Å². The first-order valence-corrected chi connectivity index (χ1v) is 16.8. The van der Waals surface area contributed by atoms with E-state index in [9.17, 15) is 27.5 Å². The first-order chi connectivity index (χ1) is 21.2. The van der Waals surface area contributed by atoms with E-state index in [-0.39, 0.29) is 48.2 Å². The molecule has 2 aromatic carbocycles. The van der Waals surface area contributed by atoms with Crippen LogP contribution in [0.25, 0.3) is 0 Å². The van der Waals surface area contributed by atoms with Gasteiger partial charge in [-0.2, -0.15) is 4.31 Å². The molecule has 3 N–H and O–H groups in total. The minimum Gasteiger partial charge on any atom is -0.490 e. The second kappa shape index (κ2) is 16.3. The monoisotopic (exact) mass is 650 g/mol. The Morgan fingerprint density at radius 2 is 1.82 bits per heavy atom. The van der Waals surface area contributed by atoms with Crippen molar-refractivity contribution in [2.45, 2.75) is 83.1 Å². The molecule has 1 aliphatic rings. The number of carbonyl (C=O) groups excluding carboxylic acids is 2. The number of nitrogens with one attached hydrogen (secondary N) is 2. The summed E-state index contributed by atoms with van der Waals surface area (Å²) in [6.07, 6.45) is 1.34. The number of ether oxygens (including phenoxy) is 2. The molecule has 0 saturated carbocycles. The zero-order valence-electron chi connectivity index (χ0n) is 27.0. The maximum Gasteiger partial charge on any atom is 0.319 e. The smallest absolute Gasteiger partial charge is 0.319 e. The number of benzene rings is 2. The largest absolute Gasteiger partial charge is 0.490 e. The number of sulfonamides is 1. The maximum atomic E-state index is 14.2. The lowest BCUT2D eigenvalue weighted by molar-refractivity contribution is -0.00834. The second-order valence-electron chi connectivity index (χ2n) is 12.0. The Labute approximate surface area is 266 Å². The van der Waals surface area contributed by atoms with Gasteiger partial charge in [0.15, 0.2) is 0 Å². The number of amides is 3. The topological polar surface area (TPSA) is 138 Å². The molecule has 250 valence electrons. The third kappa shape index (κ3) is 10.1. The Hall–Kier alpha value is -3.26. The molecule has 0 fully saturated rings. The van der Waals surface area contributed by atoms with Gasteiger partial charge in [-0.1, -0.05) is 6.92 Å². The van der Waals surface area contributed by atoms with Crippen molar-refractivity contribution in [1.29, 1.82) is 0 Å². The molecule has 3 amide bonds. The van der Waals surface area contributed by atoms with Crippen LogP contribution in [0.15, 0.2) is 47.4 Å². The van der Waals surface area contributed by atoms with Crippen molar-refractivity contribution in [2.75, 3.05) is 38.7 Å². The fraction of sp³-hybridized carbons (Fsp3) is 0.562. The molecular weight excluding hydrogens is 603 g/mol. The number of carbonyl (C=O) groups is 2. The van der Waals surface area contributed by atoms with Crippen LogP contribution in [0.3, 0.4) is 0 Å². The lowest BCUT2D eigenvalue weighted by Gasteiger charge is -2.35. The van der Waals surface area contributed by atoms with Crippen LogP contribution in [0.2, 0.25) is 0 Å². The standard InChI is InChI=1S/C32H47FN4O7S/c1-21(2)34-32(40)35-26-12-15-29-28(17-26)31(39)37(23(4)20-38)18-22(3)30(43-16-8-7-9-24(5)44-29)19-36(6)45(41,42)27-13-10-25(33)11-14-27/h10-15,17,21-24,30,38H,7-9,16,18-20H2,1-6H3,(H2,34,35,40)/t22-,23-,24+,30+/m0/s1. The van der Waals surface area contributed by atoms with E-state index in [0.717, 1.165) is 18.6 Å². The molecular formula is C32H47FN4O7S. The molecule has 1 aliphatic heterocycles. The summed E-state index contributed by atoms with van der Waals surface area (Å²) in [5.74, 6) is -0.953. The summed E-state index contributed by atoms with van der Waals surface area (Å²) in [7, 11) is -2.50. The molecule has 0 saturated heterocycles. The van der Waals surface area contributed by atoms with E-state index in [1.807, 2.05) is 27.7 Å². The maximum absolute atomic E-state index is 14.2. The Morgan fingerprint density at radius 1 is 1.13 bits per heavy atom. The van der Waals surface area contributed by atoms with Gasteiger partial charge in [-0.15, -0.1) is 0 Å². The van der Waals surface area contributed by atoms with Gasteiger partial charge < -0.3 is 30.1 Å². The van der Waals surface area contributed by atoms with Crippen LogP contribution in [0.5, 0.6) is 5.75 Å². The highest BCUT2D eigenvalue weighted by Gasteiger charge is 2.32. The van der Waals surface area contributed by atoms with Crippen molar-refractivity contribution in [3.63, 3.8) is 0 Å². The average Bonchev–Trinajstić information content (AvgIpc) is 2.98. The van der Waals surface area contributed by atoms with Crippen LogP contribution in [-0.4, -0.2) is 92.3 Å². The molecule has 0 spiro atoms. The van der Waals surface area contributed by atoms with Gasteiger partial charge in [0.2, 0.25) is 10.0 Å². The van der Waals surface area contributed by atoms with Crippen molar-refractivity contribution in [3.8, 4) is 5.75 Å². The van der Waals surface area contributed by atoms with Crippen LogP contribution in [-0.2, 0) is 14.8 Å². The van der Waals surface area contributed by atoms with Crippen molar-refractivity contribution in [2.24, 2.45) is 5.92 Å². The SMILES string of the molecule is CC(C)NC(=O)Nc1ccc2c(c1)C(=O)N([C@@H](C)CO)C[C@H](C)[C@@H](CN(C)S(=O)(=O)c1ccc(F)cc1)OCCCC[C@@H](C)O2. The van der Waals surface area contributed by atoms with Gasteiger partial charge in [0.05, 0.1) is 35.3 Å². The number of rotatable bonds is 8. The van der Waals surface area contributed by atoms with Crippen LogP contribution < -0.4 is 15.4 Å². The molecule has 1 heterocycles. The molecule has 0 unspecified atom stereocenters. The first kappa shape index (κ1) is 36.2. The Kier molecular flexibility index (Phi) is 13.2. The van der Waals surface area contributed by atoms with Crippen LogP contribution in [0.4, 0.5) is 14.9 Å². The number of hydrogen-bond donors (Lipinski definition) is 3. The summed E-state index contributed by atoms with van der Waals surface area (Å²) < 4.78 is 53.7. The van der Waals surface area contributed by atoms with Gasteiger partial charge in [-0.05, 0) is 89.4 Å². The molecule has 0 aliphatic carbocycles. The summed E-state index contributed by atoms with van der Waals surface area (Å²) in [4.78, 5) is 28.1. The number of halogens is 1. The van der Waals surface area contributed by atoms with Crippen LogP contribution in [0, 0.1) is 11.7 Å². The third-order valence-corrected chi connectivity index (χ3v) is 9.53. The minimum absolute atomic E-state index is 0.00839. The van der Waals surface area contributed by atoms with E-state index in [0.29, 0.717) is 30.9 Å². The molecule has 4 atom stereocenters. The Morgan fingerprint density at radius 3 is 2.47 bits per heavy atom. The number of aliphatic hydroxyl groups excluding tert-OH is 1. The fourth-order valence-electron chi connectivity index (χ4n) is 5.03. The molecule has 0 aromatic heterocycles. The summed E-state index contributed by atoms with van der Waals surface area (Å²) in [5.41, 5.74) is 0.623. The molecule has 11 nitrogen and oxygen atoms in total. The molecule has 3 rings (SSSR count). The normalized spacial score (nSPS) is 21.1. The molecule has 2 aromatic rings. The summed E-state index contributed by atoms with van der Waals surface area (Å²) in [5, 5.41) is 15.7. The van der Waals surface area contributed by atoms with Crippen molar-refractivity contribution < 1.29 is 37.0 Å². The molecule has 0 radical (unpaired) electrons. The van der Waals surface area contributed by atoms with E-state index in [4.69, 9.17) is 9.47 Å². The van der Waals surface area contributed by atoms with Gasteiger partial charge in [0.25, 0.3) is 5.91 Å². The minimum atomic E-state index is -3.94.